The molecule has 9 nitrogen and oxygen atoms in total. The van der Waals surface area contributed by atoms with E-state index in [0.717, 1.165) is 11.3 Å². The Balaban J connectivity index is 1.98. The average molecular weight is 503 g/mol. The standard InChI is InChI=1S/C26H22N4O5S/c1-3-34-20-9-14(5-7-18(20)31)10-22-25(33)30-24(29)16(12-27)23(17(13-28)26(30)36-22)15-6-8-19(32)21(11-15)35-4-2/h5-11,23,31-32H,3-4,29H2,1-2H3/b22-10-/t23-/m0/s1. The molecule has 0 unspecified atom stereocenters. The van der Waals surface area contributed by atoms with E-state index in [-0.39, 0.29) is 44.5 Å². The maximum absolute atomic E-state index is 13.3. The van der Waals surface area contributed by atoms with Gasteiger partial charge in [-0.2, -0.15) is 10.5 Å². The molecule has 2 aromatic carbocycles. The minimum atomic E-state index is -0.844. The molecule has 1 aliphatic rings. The van der Waals surface area contributed by atoms with Crippen molar-refractivity contribution in [1.29, 1.82) is 10.5 Å². The fourth-order valence-electron chi connectivity index (χ4n) is 4.01. The van der Waals surface area contributed by atoms with Crippen LogP contribution in [-0.2, 0) is 0 Å². The summed E-state index contributed by atoms with van der Waals surface area (Å²) in [7, 11) is 0. The van der Waals surface area contributed by atoms with Gasteiger partial charge in [0.05, 0.1) is 46.9 Å². The van der Waals surface area contributed by atoms with Crippen molar-refractivity contribution in [3.05, 3.63) is 72.6 Å². The zero-order chi connectivity index (χ0) is 26.0. The summed E-state index contributed by atoms with van der Waals surface area (Å²) in [6.45, 7) is 4.23. The van der Waals surface area contributed by atoms with Crippen LogP contribution in [0.25, 0.3) is 17.5 Å². The number of phenols is 2. The molecule has 0 amide bonds. The van der Waals surface area contributed by atoms with Crippen LogP contribution in [0.2, 0.25) is 0 Å². The van der Waals surface area contributed by atoms with Gasteiger partial charge in [-0.25, -0.2) is 0 Å². The highest BCUT2D eigenvalue weighted by molar-refractivity contribution is 7.07. The van der Waals surface area contributed by atoms with Crippen molar-refractivity contribution in [3.8, 4) is 35.1 Å². The van der Waals surface area contributed by atoms with Gasteiger partial charge in [-0.15, -0.1) is 11.3 Å². The van der Waals surface area contributed by atoms with Crippen LogP contribution in [0.15, 0.2) is 46.8 Å². The monoisotopic (exact) mass is 502 g/mol. The third-order valence-electron chi connectivity index (χ3n) is 5.59. The van der Waals surface area contributed by atoms with Crippen molar-refractivity contribution >= 4 is 28.8 Å². The van der Waals surface area contributed by atoms with Crippen LogP contribution >= 0.6 is 11.3 Å². The number of nitrogens with two attached hydrogens (primary N) is 1. The summed E-state index contributed by atoms with van der Waals surface area (Å²) in [6, 6.07) is 13.5. The van der Waals surface area contributed by atoms with Crippen LogP contribution in [0.1, 0.15) is 30.9 Å². The van der Waals surface area contributed by atoms with E-state index in [1.807, 2.05) is 0 Å². The molecule has 4 rings (SSSR count). The van der Waals surface area contributed by atoms with E-state index in [1.54, 1.807) is 44.2 Å². The molecule has 10 heteroatoms. The smallest absolute Gasteiger partial charge is 0.274 e. The third-order valence-corrected chi connectivity index (χ3v) is 6.70. The number of phenolic OH excluding ortho intramolecular Hbond substituents is 2. The molecule has 36 heavy (non-hydrogen) atoms. The lowest BCUT2D eigenvalue weighted by molar-refractivity contribution is 0.317. The highest BCUT2D eigenvalue weighted by Crippen LogP contribution is 2.39. The van der Waals surface area contributed by atoms with E-state index in [9.17, 15) is 25.5 Å². The number of aromatic hydroxyl groups is 2. The highest BCUT2D eigenvalue weighted by Gasteiger charge is 2.32. The van der Waals surface area contributed by atoms with Crippen molar-refractivity contribution in [2.75, 3.05) is 13.2 Å². The van der Waals surface area contributed by atoms with Gasteiger partial charge in [0.1, 0.15) is 10.5 Å². The molecule has 1 aromatic heterocycles. The van der Waals surface area contributed by atoms with Gasteiger partial charge in [-0.1, -0.05) is 12.1 Å². The molecule has 182 valence electrons. The molecule has 0 radical (unpaired) electrons. The van der Waals surface area contributed by atoms with Crippen molar-refractivity contribution in [3.63, 3.8) is 0 Å². The van der Waals surface area contributed by atoms with Gasteiger partial charge >= 0.3 is 0 Å². The Labute approximate surface area is 210 Å². The number of thiazole rings is 1. The third kappa shape index (κ3) is 4.15. The first-order valence-corrected chi connectivity index (χ1v) is 11.9. The number of rotatable bonds is 6. The average Bonchev–Trinajstić information content (AvgIpc) is 3.18. The number of ether oxygens (including phenoxy) is 2. The summed E-state index contributed by atoms with van der Waals surface area (Å²) in [5, 5.41) is 40.1. The van der Waals surface area contributed by atoms with E-state index in [0.29, 0.717) is 29.0 Å². The predicted octanol–water partition coefficient (Wildman–Crippen LogP) is 2.07. The Morgan fingerprint density at radius 2 is 1.64 bits per heavy atom. The highest BCUT2D eigenvalue weighted by atomic mass is 32.1. The molecule has 2 heterocycles. The number of hydrogen-bond donors (Lipinski definition) is 3. The number of nitriles is 2. The van der Waals surface area contributed by atoms with E-state index in [4.69, 9.17) is 15.2 Å². The van der Waals surface area contributed by atoms with E-state index in [2.05, 4.69) is 12.1 Å². The molecule has 3 aromatic rings. The number of aromatic nitrogens is 1. The second-order valence-corrected chi connectivity index (χ2v) is 8.78. The van der Waals surface area contributed by atoms with E-state index in [1.165, 1.54) is 16.7 Å². The number of hydrogen-bond acceptors (Lipinski definition) is 9. The van der Waals surface area contributed by atoms with Gasteiger partial charge in [0.15, 0.2) is 23.0 Å². The molecule has 0 fully saturated rings. The van der Waals surface area contributed by atoms with Crippen molar-refractivity contribution in [2.45, 2.75) is 19.8 Å². The van der Waals surface area contributed by atoms with Crippen LogP contribution in [-0.4, -0.2) is 28.0 Å². The summed E-state index contributed by atoms with van der Waals surface area (Å²) in [5.41, 5.74) is 7.19. The summed E-state index contributed by atoms with van der Waals surface area (Å²) in [4.78, 5) is 13.3. The SMILES string of the molecule is CCOc1cc(/C=c2\sc3n(c2=O)C(N)=C(C#N)[C@H](c2ccc(O)c(OCC)c2)C=3C#N)ccc1O. The van der Waals surface area contributed by atoms with Gasteiger partial charge in [0, 0.05) is 0 Å². The maximum Gasteiger partial charge on any atom is 0.274 e. The summed E-state index contributed by atoms with van der Waals surface area (Å²) in [6.07, 6.45) is 1.61. The largest absolute Gasteiger partial charge is 0.504 e. The number of fused-ring (bicyclic) bond motifs is 1. The summed E-state index contributed by atoms with van der Waals surface area (Å²) < 4.78 is 12.7. The van der Waals surface area contributed by atoms with Crippen molar-refractivity contribution in [2.24, 2.45) is 5.73 Å². The first kappa shape index (κ1) is 24.5. The Morgan fingerprint density at radius 1 is 1.03 bits per heavy atom. The van der Waals surface area contributed by atoms with Gasteiger partial charge < -0.3 is 25.4 Å². The zero-order valence-corrected chi connectivity index (χ0v) is 20.3. The molecular weight excluding hydrogens is 480 g/mol. The molecule has 0 spiro atoms. The van der Waals surface area contributed by atoms with E-state index >= 15 is 0 Å². The first-order valence-electron chi connectivity index (χ1n) is 11.0. The minimum absolute atomic E-state index is 0.0229. The van der Waals surface area contributed by atoms with Crippen LogP contribution in [0, 0.1) is 22.7 Å². The Hall–Kier alpha value is -4.67. The number of benzene rings is 2. The van der Waals surface area contributed by atoms with Crippen LogP contribution in [0.5, 0.6) is 23.0 Å². The lowest BCUT2D eigenvalue weighted by Gasteiger charge is -2.22. The van der Waals surface area contributed by atoms with Gasteiger partial charge in [0.25, 0.3) is 5.56 Å². The van der Waals surface area contributed by atoms with Gasteiger partial charge in [-0.05, 0) is 55.3 Å². The molecule has 0 saturated carbocycles. The van der Waals surface area contributed by atoms with Crippen LogP contribution in [0.3, 0.4) is 0 Å². The predicted molar refractivity (Wildman–Crippen MR) is 135 cm³/mol. The molecule has 1 aliphatic heterocycles. The van der Waals surface area contributed by atoms with Crippen molar-refractivity contribution in [1.82, 2.24) is 4.57 Å². The molecular formula is C26H22N4O5S. The Bertz CT molecular complexity index is 1650. The quantitative estimate of drug-likeness (QED) is 0.463. The molecule has 0 bridgehead atoms. The fraction of sp³-hybridized carbons (Fsp3) is 0.192. The van der Waals surface area contributed by atoms with Crippen molar-refractivity contribution < 1.29 is 19.7 Å². The molecule has 4 N–H and O–H groups in total. The second kappa shape index (κ2) is 9.90. The Kier molecular flexibility index (Phi) is 6.73. The van der Waals surface area contributed by atoms with E-state index < -0.39 is 11.5 Å². The van der Waals surface area contributed by atoms with Crippen LogP contribution < -0.4 is 30.0 Å². The first-order chi connectivity index (χ1) is 17.3. The summed E-state index contributed by atoms with van der Waals surface area (Å²) in [5.74, 6) is -0.515. The molecule has 0 aliphatic carbocycles. The normalized spacial score (nSPS) is 15.3. The lowest BCUT2D eigenvalue weighted by atomic mass is 9.84. The van der Waals surface area contributed by atoms with Crippen LogP contribution in [0.4, 0.5) is 0 Å². The molecule has 1 atom stereocenters. The second-order valence-electron chi connectivity index (χ2n) is 7.75. The fourth-order valence-corrected chi connectivity index (χ4v) is 5.14. The topological polar surface area (TPSA) is 155 Å². The maximum atomic E-state index is 13.3. The Morgan fingerprint density at radius 3 is 2.25 bits per heavy atom. The zero-order valence-electron chi connectivity index (χ0n) is 19.5. The lowest BCUT2D eigenvalue weighted by Crippen LogP contribution is -2.38. The van der Waals surface area contributed by atoms with Gasteiger partial charge in [-0.3, -0.25) is 9.36 Å². The number of allylic oxidation sites excluding steroid dienone is 1. The molecule has 0 saturated heterocycles. The number of nitrogens with zero attached hydrogens (tertiary/aromatic N) is 3. The minimum Gasteiger partial charge on any atom is -0.504 e. The summed E-state index contributed by atoms with van der Waals surface area (Å²) >= 11 is 1.07. The van der Waals surface area contributed by atoms with Gasteiger partial charge in [0.2, 0.25) is 0 Å².